The Kier molecular flexibility index (Phi) is 8.71. The fraction of sp³-hybridized carbons (Fsp3) is 0.343. The summed E-state index contributed by atoms with van der Waals surface area (Å²) in [5, 5.41) is 27.2. The maximum atomic E-state index is 9.59. The summed E-state index contributed by atoms with van der Waals surface area (Å²) in [6.07, 6.45) is 2.67. The largest absolute Gasteiger partial charge is 0.481 e. The van der Waals surface area contributed by atoms with Crippen LogP contribution in [0.3, 0.4) is 0 Å². The first-order chi connectivity index (χ1) is 22.3. The molecule has 0 radical (unpaired) electrons. The van der Waals surface area contributed by atoms with Gasteiger partial charge in [0.05, 0.1) is 47.3 Å². The fourth-order valence-corrected chi connectivity index (χ4v) is 6.87. The van der Waals surface area contributed by atoms with E-state index in [4.69, 9.17) is 42.9 Å². The lowest BCUT2D eigenvalue weighted by Crippen LogP contribution is -2.44. The van der Waals surface area contributed by atoms with Crippen LogP contribution in [0.5, 0.6) is 5.88 Å². The lowest BCUT2D eigenvalue weighted by molar-refractivity contribution is 0.0613. The number of hydrogen-bond acceptors (Lipinski definition) is 8. The predicted molar refractivity (Wildman–Crippen MR) is 181 cm³/mol. The smallest absolute Gasteiger partial charge is 0.218 e. The standard InChI is InChI=1S/C35H36Cl2N6O3/c1-43-31(18-39-21-15-23(45)16-21)40-30-12-11-28(41-34(30)43)26-7-3-5-24(32(26)36)25-6-4-8-27(33(25)37)29-10-9-19(35(42-29)46-2)17-38-20-13-22(44)14-20/h3-12,20-23,38-39,44-45H,13-18H2,1-2H3. The Bertz CT molecular complexity index is 1900. The van der Waals surface area contributed by atoms with Crippen molar-refractivity contribution in [3.63, 3.8) is 0 Å². The molecular weight excluding hydrogens is 623 g/mol. The molecule has 7 rings (SSSR count). The molecule has 0 bridgehead atoms. The lowest BCUT2D eigenvalue weighted by atomic mass is 9.89. The third kappa shape index (κ3) is 5.99. The van der Waals surface area contributed by atoms with Gasteiger partial charge in [0.1, 0.15) is 11.3 Å². The Morgan fingerprint density at radius 2 is 1.28 bits per heavy atom. The number of pyridine rings is 2. The normalized spacial score (nSPS) is 20.8. The van der Waals surface area contributed by atoms with Gasteiger partial charge in [-0.3, -0.25) is 0 Å². The molecule has 3 heterocycles. The summed E-state index contributed by atoms with van der Waals surface area (Å²) in [7, 11) is 3.58. The van der Waals surface area contributed by atoms with Crippen molar-refractivity contribution in [1.82, 2.24) is 30.2 Å². The van der Waals surface area contributed by atoms with Gasteiger partial charge in [-0.1, -0.05) is 65.7 Å². The van der Waals surface area contributed by atoms with Gasteiger partial charge in [-0.2, -0.15) is 0 Å². The van der Waals surface area contributed by atoms with Gasteiger partial charge in [0, 0.05) is 53.5 Å². The summed E-state index contributed by atoms with van der Waals surface area (Å²) in [5.74, 6) is 1.42. The number of halogens is 2. The maximum Gasteiger partial charge on any atom is 0.218 e. The number of aliphatic hydroxyl groups excluding tert-OH is 2. The molecule has 9 nitrogen and oxygen atoms in total. The molecule has 2 fully saturated rings. The number of imidazole rings is 1. The molecule has 0 spiro atoms. The summed E-state index contributed by atoms with van der Waals surface area (Å²) >= 11 is 14.2. The molecule has 238 valence electrons. The van der Waals surface area contributed by atoms with Gasteiger partial charge in [0.2, 0.25) is 5.88 Å². The number of aliphatic hydroxyl groups is 2. The average molecular weight is 660 g/mol. The highest BCUT2D eigenvalue weighted by Gasteiger charge is 2.28. The van der Waals surface area contributed by atoms with Crippen molar-refractivity contribution in [2.45, 2.75) is 63.1 Å². The average Bonchev–Trinajstić information content (AvgIpc) is 3.35. The SMILES string of the molecule is COc1nc(-c2cccc(-c3cccc(-c4ccc5nc(CNC6CC(O)C6)n(C)c5n4)c3Cl)c2Cl)ccc1CNC1CC(O)C1. The lowest BCUT2D eigenvalue weighted by Gasteiger charge is -2.32. The number of rotatable bonds is 10. The van der Waals surface area contributed by atoms with Crippen molar-refractivity contribution in [2.24, 2.45) is 7.05 Å². The van der Waals surface area contributed by atoms with Crippen LogP contribution in [0, 0.1) is 0 Å². The zero-order chi connectivity index (χ0) is 31.9. The van der Waals surface area contributed by atoms with E-state index in [1.165, 1.54) is 0 Å². The van der Waals surface area contributed by atoms with Crippen molar-refractivity contribution in [1.29, 1.82) is 0 Å². The number of benzene rings is 2. The van der Waals surface area contributed by atoms with Gasteiger partial charge >= 0.3 is 0 Å². The fourth-order valence-electron chi connectivity index (χ4n) is 6.22. The molecule has 2 saturated carbocycles. The number of fused-ring (bicyclic) bond motifs is 1. The van der Waals surface area contributed by atoms with Crippen LogP contribution < -0.4 is 15.4 Å². The molecule has 5 aromatic rings. The summed E-state index contributed by atoms with van der Waals surface area (Å²) in [6, 6.07) is 20.2. The van der Waals surface area contributed by atoms with E-state index in [9.17, 15) is 10.2 Å². The first kappa shape index (κ1) is 31.1. The highest BCUT2D eigenvalue weighted by atomic mass is 35.5. The first-order valence-electron chi connectivity index (χ1n) is 15.6. The van der Waals surface area contributed by atoms with Crippen LogP contribution in [-0.4, -0.2) is 61.1 Å². The van der Waals surface area contributed by atoms with Gasteiger partial charge < -0.3 is 30.2 Å². The second-order valence-electron chi connectivity index (χ2n) is 12.2. The zero-order valence-corrected chi connectivity index (χ0v) is 27.2. The second kappa shape index (κ2) is 12.9. The monoisotopic (exact) mass is 658 g/mol. The molecule has 3 aromatic heterocycles. The molecule has 0 amide bonds. The van der Waals surface area contributed by atoms with Gasteiger partial charge in [-0.25, -0.2) is 15.0 Å². The molecule has 0 unspecified atom stereocenters. The van der Waals surface area contributed by atoms with E-state index in [1.807, 2.05) is 72.3 Å². The van der Waals surface area contributed by atoms with Crippen LogP contribution >= 0.6 is 23.2 Å². The number of methoxy groups -OCH3 is 1. The number of ether oxygens (including phenoxy) is 1. The highest BCUT2D eigenvalue weighted by molar-refractivity contribution is 6.39. The summed E-state index contributed by atoms with van der Waals surface area (Å²) in [5.41, 5.74) is 7.10. The molecule has 46 heavy (non-hydrogen) atoms. The first-order valence-corrected chi connectivity index (χ1v) is 16.3. The molecule has 4 N–H and O–H groups in total. The molecule has 2 aromatic carbocycles. The Hall–Kier alpha value is -3.57. The second-order valence-corrected chi connectivity index (χ2v) is 13.0. The zero-order valence-electron chi connectivity index (χ0n) is 25.7. The Labute approximate surface area is 277 Å². The molecular formula is C35H36Cl2N6O3. The van der Waals surface area contributed by atoms with E-state index < -0.39 is 0 Å². The third-order valence-electron chi connectivity index (χ3n) is 9.14. The van der Waals surface area contributed by atoms with E-state index in [-0.39, 0.29) is 12.2 Å². The summed E-state index contributed by atoms with van der Waals surface area (Å²) in [4.78, 5) is 14.5. The quantitative estimate of drug-likeness (QED) is 0.146. The Morgan fingerprint density at radius 1 is 0.739 bits per heavy atom. The minimum absolute atomic E-state index is 0.201. The Morgan fingerprint density at radius 3 is 1.87 bits per heavy atom. The van der Waals surface area contributed by atoms with Gasteiger partial charge in [-0.15, -0.1) is 0 Å². The van der Waals surface area contributed by atoms with Gasteiger partial charge in [-0.05, 0) is 43.9 Å². The highest BCUT2D eigenvalue weighted by Crippen LogP contribution is 2.42. The van der Waals surface area contributed by atoms with Crippen LogP contribution in [0.1, 0.15) is 37.1 Å². The van der Waals surface area contributed by atoms with Crippen molar-refractivity contribution in [2.75, 3.05) is 7.11 Å². The molecule has 0 aliphatic heterocycles. The van der Waals surface area contributed by atoms with E-state index >= 15 is 0 Å². The molecule has 2 aliphatic rings. The number of aryl methyl sites for hydroxylation is 1. The number of aromatic nitrogens is 4. The van der Waals surface area contributed by atoms with Crippen molar-refractivity contribution in [3.8, 4) is 39.5 Å². The third-order valence-corrected chi connectivity index (χ3v) is 9.95. The van der Waals surface area contributed by atoms with Crippen LogP contribution in [0.15, 0.2) is 60.7 Å². The van der Waals surface area contributed by atoms with Crippen molar-refractivity contribution >= 4 is 34.4 Å². The van der Waals surface area contributed by atoms with E-state index in [0.29, 0.717) is 46.8 Å². The minimum Gasteiger partial charge on any atom is -0.481 e. The Balaban J connectivity index is 1.16. The number of nitrogens with one attached hydrogen (secondary N) is 2. The van der Waals surface area contributed by atoms with Crippen molar-refractivity contribution < 1.29 is 14.9 Å². The summed E-state index contributed by atoms with van der Waals surface area (Å²) < 4.78 is 7.64. The van der Waals surface area contributed by atoms with Crippen LogP contribution in [-0.2, 0) is 20.1 Å². The molecule has 11 heteroatoms. The molecule has 0 saturated heterocycles. The minimum atomic E-state index is -0.209. The molecule has 2 aliphatic carbocycles. The van der Waals surface area contributed by atoms with Crippen LogP contribution in [0.2, 0.25) is 10.0 Å². The van der Waals surface area contributed by atoms with Gasteiger partial charge in [0.15, 0.2) is 5.65 Å². The van der Waals surface area contributed by atoms with E-state index in [1.54, 1.807) is 7.11 Å². The molecule has 0 atom stereocenters. The maximum absolute atomic E-state index is 9.59. The van der Waals surface area contributed by atoms with Crippen LogP contribution in [0.25, 0.3) is 44.8 Å². The number of hydrogen-bond donors (Lipinski definition) is 4. The van der Waals surface area contributed by atoms with E-state index in [2.05, 4.69) is 10.6 Å². The topological polar surface area (TPSA) is 117 Å². The summed E-state index contributed by atoms with van der Waals surface area (Å²) in [6.45, 7) is 1.21. The van der Waals surface area contributed by atoms with Gasteiger partial charge in [0.25, 0.3) is 0 Å². The van der Waals surface area contributed by atoms with Crippen molar-refractivity contribution in [3.05, 3.63) is 82.1 Å². The number of nitrogens with zero attached hydrogens (tertiary/aromatic N) is 4. The van der Waals surface area contributed by atoms with Crippen LogP contribution in [0.4, 0.5) is 0 Å². The van der Waals surface area contributed by atoms with E-state index in [0.717, 1.165) is 76.2 Å². The predicted octanol–water partition coefficient (Wildman–Crippen LogP) is 5.91.